The van der Waals surface area contributed by atoms with Crippen molar-refractivity contribution < 1.29 is 14.4 Å². The highest BCUT2D eigenvalue weighted by Crippen LogP contribution is 2.30. The van der Waals surface area contributed by atoms with E-state index in [2.05, 4.69) is 28.9 Å². The highest BCUT2D eigenvalue weighted by molar-refractivity contribution is 7.09. The zero-order chi connectivity index (χ0) is 27.2. The summed E-state index contributed by atoms with van der Waals surface area (Å²) in [4.78, 5) is 42.2. The molecule has 8 nitrogen and oxygen atoms in total. The molecule has 1 atom stereocenters. The van der Waals surface area contributed by atoms with Gasteiger partial charge in [0.1, 0.15) is 10.9 Å². The number of carbonyl (C=O) groups excluding carboxylic acids is 3. The van der Waals surface area contributed by atoms with Crippen molar-refractivity contribution in [2.24, 2.45) is 0 Å². The standard InChI is InChI=1S/C29H41N5O3S/c1-4-23(27(35)31-20-12-8-9-13-20)34(22-16-14-19(15-17-22)18(2)3)29(37)26-24(30)25(33-38-26)28(36)32-21-10-6-5-7-11-21/h14-18,20-21,23H,4-13,30H2,1-3H3,(H,31,35)(H,32,36)/t23-/m0/s1. The summed E-state index contributed by atoms with van der Waals surface area (Å²) in [5.41, 5.74) is 8.30. The Balaban J connectivity index is 1.62. The summed E-state index contributed by atoms with van der Waals surface area (Å²) >= 11 is 0.919. The number of hydrogen-bond acceptors (Lipinski definition) is 6. The lowest BCUT2D eigenvalue weighted by Crippen LogP contribution is -2.51. The molecule has 0 radical (unpaired) electrons. The molecule has 0 aliphatic heterocycles. The van der Waals surface area contributed by atoms with Gasteiger partial charge in [0.2, 0.25) is 5.91 Å². The molecular formula is C29H41N5O3S. The zero-order valence-electron chi connectivity index (χ0n) is 22.8. The number of benzene rings is 1. The smallest absolute Gasteiger partial charge is 0.273 e. The predicted octanol–water partition coefficient (Wildman–Crippen LogP) is 5.40. The highest BCUT2D eigenvalue weighted by atomic mass is 32.1. The maximum Gasteiger partial charge on any atom is 0.273 e. The SMILES string of the molecule is CC[C@@H](C(=O)NC1CCCC1)N(C(=O)c1snc(C(=O)NC2CCCCC2)c1N)c1ccc(C(C)C)cc1. The van der Waals surface area contributed by atoms with Crippen molar-refractivity contribution in [3.05, 3.63) is 40.4 Å². The van der Waals surface area contributed by atoms with Crippen LogP contribution in [0.2, 0.25) is 0 Å². The molecule has 2 aromatic rings. The van der Waals surface area contributed by atoms with E-state index in [0.29, 0.717) is 18.0 Å². The third-order valence-corrected chi connectivity index (χ3v) is 8.69. The molecule has 38 heavy (non-hydrogen) atoms. The Morgan fingerprint density at radius 3 is 2.13 bits per heavy atom. The Hall–Kier alpha value is -2.94. The van der Waals surface area contributed by atoms with Crippen molar-refractivity contribution in [3.63, 3.8) is 0 Å². The van der Waals surface area contributed by atoms with E-state index in [-0.39, 0.29) is 40.2 Å². The summed E-state index contributed by atoms with van der Waals surface area (Å²) in [5, 5.41) is 6.19. The van der Waals surface area contributed by atoms with Crippen LogP contribution in [0.5, 0.6) is 0 Å². The fraction of sp³-hybridized carbons (Fsp3) is 0.586. The Morgan fingerprint density at radius 2 is 1.55 bits per heavy atom. The Labute approximate surface area is 229 Å². The van der Waals surface area contributed by atoms with E-state index in [1.54, 1.807) is 0 Å². The largest absolute Gasteiger partial charge is 0.395 e. The molecule has 1 heterocycles. The maximum atomic E-state index is 14.1. The van der Waals surface area contributed by atoms with Crippen molar-refractivity contribution in [3.8, 4) is 0 Å². The van der Waals surface area contributed by atoms with Gasteiger partial charge < -0.3 is 16.4 Å². The van der Waals surface area contributed by atoms with Gasteiger partial charge >= 0.3 is 0 Å². The van der Waals surface area contributed by atoms with E-state index in [0.717, 1.165) is 68.5 Å². The molecule has 0 bridgehead atoms. The molecule has 2 aliphatic rings. The maximum absolute atomic E-state index is 14.1. The first-order valence-electron chi connectivity index (χ1n) is 14.1. The van der Waals surface area contributed by atoms with Crippen LogP contribution in [-0.2, 0) is 4.79 Å². The minimum absolute atomic E-state index is 0.0724. The first-order valence-corrected chi connectivity index (χ1v) is 14.9. The first-order chi connectivity index (χ1) is 18.3. The van der Waals surface area contributed by atoms with E-state index in [9.17, 15) is 14.4 Å². The number of nitrogens with two attached hydrogens (primary N) is 1. The fourth-order valence-corrected chi connectivity index (χ4v) is 6.27. The van der Waals surface area contributed by atoms with Crippen molar-refractivity contribution in [1.82, 2.24) is 15.0 Å². The molecule has 0 saturated heterocycles. The van der Waals surface area contributed by atoms with Gasteiger partial charge in [-0.05, 0) is 67.3 Å². The van der Waals surface area contributed by atoms with Crippen molar-refractivity contribution >= 4 is 40.6 Å². The van der Waals surface area contributed by atoms with Crippen LogP contribution in [0.1, 0.15) is 117 Å². The van der Waals surface area contributed by atoms with Gasteiger partial charge in [0.05, 0.1) is 5.69 Å². The van der Waals surface area contributed by atoms with Crippen molar-refractivity contribution in [1.29, 1.82) is 0 Å². The first kappa shape index (κ1) is 28.1. The molecule has 0 unspecified atom stereocenters. The van der Waals surface area contributed by atoms with Crippen LogP contribution >= 0.6 is 11.5 Å². The molecule has 4 rings (SSSR count). The van der Waals surface area contributed by atoms with Gasteiger partial charge in [-0.15, -0.1) is 0 Å². The second-order valence-electron chi connectivity index (χ2n) is 10.9. The summed E-state index contributed by atoms with van der Waals surface area (Å²) in [6, 6.07) is 7.27. The van der Waals surface area contributed by atoms with Gasteiger partial charge in [-0.25, -0.2) is 0 Å². The lowest BCUT2D eigenvalue weighted by Gasteiger charge is -2.31. The van der Waals surface area contributed by atoms with E-state index in [1.165, 1.54) is 11.3 Å². The number of carbonyl (C=O) groups is 3. The van der Waals surface area contributed by atoms with Crippen LogP contribution in [0, 0.1) is 0 Å². The average molecular weight is 540 g/mol. The van der Waals surface area contributed by atoms with Crippen LogP contribution < -0.4 is 21.3 Å². The molecular weight excluding hydrogens is 498 g/mol. The topological polar surface area (TPSA) is 117 Å². The number of aromatic nitrogens is 1. The van der Waals surface area contributed by atoms with E-state index in [4.69, 9.17) is 5.73 Å². The fourth-order valence-electron chi connectivity index (χ4n) is 5.54. The van der Waals surface area contributed by atoms with E-state index >= 15 is 0 Å². The second-order valence-corrected chi connectivity index (χ2v) is 11.7. The quantitative estimate of drug-likeness (QED) is 0.395. The second kappa shape index (κ2) is 12.7. The summed E-state index contributed by atoms with van der Waals surface area (Å²) in [6.45, 7) is 6.13. The molecule has 2 aliphatic carbocycles. The Kier molecular flexibility index (Phi) is 9.41. The number of amides is 3. The lowest BCUT2D eigenvalue weighted by atomic mass is 9.95. The molecule has 1 aromatic carbocycles. The van der Waals surface area contributed by atoms with E-state index in [1.807, 2.05) is 31.2 Å². The summed E-state index contributed by atoms with van der Waals surface area (Å²) in [7, 11) is 0. The van der Waals surface area contributed by atoms with E-state index < -0.39 is 11.9 Å². The van der Waals surface area contributed by atoms with Gasteiger partial charge in [0.15, 0.2) is 5.69 Å². The molecule has 4 N–H and O–H groups in total. The highest BCUT2D eigenvalue weighted by Gasteiger charge is 2.35. The van der Waals surface area contributed by atoms with Crippen LogP contribution in [0.4, 0.5) is 11.4 Å². The molecule has 3 amide bonds. The van der Waals surface area contributed by atoms with Crippen molar-refractivity contribution in [2.75, 3.05) is 10.6 Å². The molecule has 9 heteroatoms. The minimum atomic E-state index is -0.714. The van der Waals surface area contributed by atoms with Gasteiger partial charge in [0, 0.05) is 17.8 Å². The number of hydrogen-bond donors (Lipinski definition) is 3. The Morgan fingerprint density at radius 1 is 0.974 bits per heavy atom. The van der Waals surface area contributed by atoms with Gasteiger partial charge in [-0.1, -0.05) is 65.0 Å². The summed E-state index contributed by atoms with van der Waals surface area (Å²) in [6.07, 6.45) is 9.80. The third kappa shape index (κ3) is 6.37. The van der Waals surface area contributed by atoms with Crippen LogP contribution in [-0.4, -0.2) is 40.2 Å². The lowest BCUT2D eigenvalue weighted by molar-refractivity contribution is -0.123. The van der Waals surface area contributed by atoms with Gasteiger partial charge in [0.25, 0.3) is 11.8 Å². The Bertz CT molecular complexity index is 1120. The minimum Gasteiger partial charge on any atom is -0.395 e. The molecule has 2 saturated carbocycles. The third-order valence-electron chi connectivity index (χ3n) is 7.84. The van der Waals surface area contributed by atoms with Gasteiger partial charge in [-0.2, -0.15) is 4.37 Å². The van der Waals surface area contributed by atoms with Crippen LogP contribution in [0.25, 0.3) is 0 Å². The number of nitrogens with zero attached hydrogens (tertiary/aromatic N) is 2. The van der Waals surface area contributed by atoms with Crippen LogP contribution in [0.15, 0.2) is 24.3 Å². The normalized spacial score (nSPS) is 17.4. The molecule has 206 valence electrons. The molecule has 2 fully saturated rings. The summed E-state index contributed by atoms with van der Waals surface area (Å²) in [5.74, 6) is -0.590. The zero-order valence-corrected chi connectivity index (χ0v) is 23.6. The van der Waals surface area contributed by atoms with Gasteiger partial charge in [-0.3, -0.25) is 19.3 Å². The predicted molar refractivity (Wildman–Crippen MR) is 153 cm³/mol. The van der Waals surface area contributed by atoms with Crippen LogP contribution in [0.3, 0.4) is 0 Å². The molecule has 0 spiro atoms. The number of anilines is 2. The summed E-state index contributed by atoms with van der Waals surface area (Å²) < 4.78 is 4.29. The number of rotatable bonds is 9. The van der Waals surface area contributed by atoms with Crippen molar-refractivity contribution in [2.45, 2.75) is 109 Å². The average Bonchev–Trinajstić information content (AvgIpc) is 3.57. The monoisotopic (exact) mass is 539 g/mol. The molecule has 1 aromatic heterocycles. The number of nitrogens with one attached hydrogen (secondary N) is 2. The number of nitrogen functional groups attached to an aromatic ring is 1.